The number of hydrogen-bond donors (Lipinski definition) is 1. The summed E-state index contributed by atoms with van der Waals surface area (Å²) in [5, 5.41) is 0. The lowest BCUT2D eigenvalue weighted by molar-refractivity contribution is 0.0361. The van der Waals surface area contributed by atoms with Crippen molar-refractivity contribution in [2.45, 2.75) is 37.6 Å². The van der Waals surface area contributed by atoms with Gasteiger partial charge in [0.2, 0.25) is 0 Å². The Morgan fingerprint density at radius 1 is 1.40 bits per heavy atom. The lowest BCUT2D eigenvalue weighted by atomic mass is 9.77. The molecule has 1 saturated carbocycles. The van der Waals surface area contributed by atoms with E-state index in [0.717, 1.165) is 32.2 Å². The van der Waals surface area contributed by atoms with E-state index in [1.807, 2.05) is 0 Å². The topological polar surface area (TPSA) is 38.5 Å². The maximum atomic E-state index is 6.24. The molecule has 88 valence electrons. The molecule has 1 aliphatic heterocycles. The highest BCUT2D eigenvalue weighted by molar-refractivity contribution is 4.94. The summed E-state index contributed by atoms with van der Waals surface area (Å²) in [7, 11) is 2.20. The fourth-order valence-electron chi connectivity index (χ4n) is 2.78. The van der Waals surface area contributed by atoms with E-state index in [4.69, 9.17) is 10.5 Å². The van der Waals surface area contributed by atoms with Crippen LogP contribution in [-0.2, 0) is 4.74 Å². The molecule has 15 heavy (non-hydrogen) atoms. The fourth-order valence-corrected chi connectivity index (χ4v) is 2.78. The van der Waals surface area contributed by atoms with Crippen molar-refractivity contribution in [2.24, 2.45) is 11.7 Å². The molecule has 3 heteroatoms. The van der Waals surface area contributed by atoms with Crippen LogP contribution in [0.15, 0.2) is 0 Å². The SMILES string of the molecule is CN(CC1CCCOC1)CC1(N)CCC1. The molecule has 2 aliphatic rings. The molecule has 1 atom stereocenters. The van der Waals surface area contributed by atoms with Crippen molar-refractivity contribution in [3.05, 3.63) is 0 Å². The number of ether oxygens (including phenoxy) is 1. The van der Waals surface area contributed by atoms with Gasteiger partial charge in [0.05, 0.1) is 6.61 Å². The van der Waals surface area contributed by atoms with Crippen LogP contribution in [0.3, 0.4) is 0 Å². The summed E-state index contributed by atoms with van der Waals surface area (Å²) in [5.74, 6) is 0.729. The summed E-state index contributed by atoms with van der Waals surface area (Å²) in [6.07, 6.45) is 6.28. The van der Waals surface area contributed by atoms with Crippen LogP contribution in [0.1, 0.15) is 32.1 Å². The third-order valence-corrected chi connectivity index (χ3v) is 3.76. The van der Waals surface area contributed by atoms with Crippen LogP contribution in [0.5, 0.6) is 0 Å². The van der Waals surface area contributed by atoms with Crippen molar-refractivity contribution in [1.82, 2.24) is 4.90 Å². The molecule has 1 saturated heterocycles. The van der Waals surface area contributed by atoms with Gasteiger partial charge in [-0.05, 0) is 45.1 Å². The standard InChI is InChI=1S/C12H24N2O/c1-14(10-12(13)5-3-6-12)8-11-4-2-7-15-9-11/h11H,2-10,13H2,1H3. The van der Waals surface area contributed by atoms with E-state index < -0.39 is 0 Å². The molecule has 0 amide bonds. The molecule has 2 N–H and O–H groups in total. The molecule has 0 bridgehead atoms. The quantitative estimate of drug-likeness (QED) is 0.761. The zero-order valence-electron chi connectivity index (χ0n) is 9.87. The van der Waals surface area contributed by atoms with Crippen molar-refractivity contribution < 1.29 is 4.74 Å². The van der Waals surface area contributed by atoms with Crippen LogP contribution >= 0.6 is 0 Å². The molecule has 0 spiro atoms. The van der Waals surface area contributed by atoms with Crippen LogP contribution < -0.4 is 5.73 Å². The van der Waals surface area contributed by atoms with Gasteiger partial charge in [0, 0.05) is 25.2 Å². The summed E-state index contributed by atoms with van der Waals surface area (Å²) < 4.78 is 5.50. The van der Waals surface area contributed by atoms with Gasteiger partial charge in [-0.2, -0.15) is 0 Å². The number of nitrogens with two attached hydrogens (primary N) is 1. The summed E-state index contributed by atoms with van der Waals surface area (Å²) in [4.78, 5) is 2.40. The average Bonchev–Trinajstić information content (AvgIpc) is 2.16. The first-order valence-corrected chi connectivity index (χ1v) is 6.23. The van der Waals surface area contributed by atoms with Crippen LogP contribution in [-0.4, -0.2) is 43.8 Å². The Bertz CT molecular complexity index is 198. The van der Waals surface area contributed by atoms with Gasteiger partial charge in [0.25, 0.3) is 0 Å². The molecule has 3 nitrogen and oxygen atoms in total. The smallest absolute Gasteiger partial charge is 0.0506 e. The van der Waals surface area contributed by atoms with E-state index in [1.54, 1.807) is 0 Å². The summed E-state index contributed by atoms with van der Waals surface area (Å²) in [6, 6.07) is 0. The molecular formula is C12H24N2O. The van der Waals surface area contributed by atoms with Gasteiger partial charge in [-0.25, -0.2) is 0 Å². The Hall–Kier alpha value is -0.120. The summed E-state index contributed by atoms with van der Waals surface area (Å²) >= 11 is 0. The van der Waals surface area contributed by atoms with Crippen molar-refractivity contribution in [3.63, 3.8) is 0 Å². The van der Waals surface area contributed by atoms with Gasteiger partial charge in [-0.3, -0.25) is 0 Å². The Kier molecular flexibility index (Phi) is 3.65. The molecule has 0 aromatic heterocycles. The second kappa shape index (κ2) is 4.81. The Morgan fingerprint density at radius 2 is 2.20 bits per heavy atom. The Morgan fingerprint density at radius 3 is 2.73 bits per heavy atom. The second-order valence-electron chi connectivity index (χ2n) is 5.50. The third-order valence-electron chi connectivity index (χ3n) is 3.76. The lowest BCUT2D eigenvalue weighted by Gasteiger charge is -2.41. The van der Waals surface area contributed by atoms with E-state index in [-0.39, 0.29) is 5.54 Å². The molecule has 0 aromatic rings. The van der Waals surface area contributed by atoms with E-state index >= 15 is 0 Å². The highest BCUT2D eigenvalue weighted by Gasteiger charge is 2.33. The first-order valence-electron chi connectivity index (χ1n) is 6.23. The second-order valence-corrected chi connectivity index (χ2v) is 5.50. The zero-order chi connectivity index (χ0) is 10.7. The van der Waals surface area contributed by atoms with Crippen molar-refractivity contribution >= 4 is 0 Å². The Balaban J connectivity index is 1.69. The lowest BCUT2D eigenvalue weighted by Crippen LogP contribution is -2.55. The van der Waals surface area contributed by atoms with Gasteiger partial charge >= 0.3 is 0 Å². The first kappa shape index (κ1) is 11.4. The van der Waals surface area contributed by atoms with Gasteiger partial charge < -0.3 is 15.4 Å². The number of hydrogen-bond acceptors (Lipinski definition) is 3. The van der Waals surface area contributed by atoms with Crippen LogP contribution in [0, 0.1) is 5.92 Å². The van der Waals surface area contributed by atoms with Crippen LogP contribution in [0.2, 0.25) is 0 Å². The van der Waals surface area contributed by atoms with Gasteiger partial charge in [-0.15, -0.1) is 0 Å². The van der Waals surface area contributed by atoms with E-state index in [2.05, 4.69) is 11.9 Å². The van der Waals surface area contributed by atoms with E-state index in [0.29, 0.717) is 0 Å². The highest BCUT2D eigenvalue weighted by Crippen LogP contribution is 2.29. The number of likely N-dealkylation sites (N-methyl/N-ethyl adjacent to an activating group) is 1. The van der Waals surface area contributed by atoms with Crippen molar-refractivity contribution in [1.29, 1.82) is 0 Å². The van der Waals surface area contributed by atoms with Gasteiger partial charge in [0.15, 0.2) is 0 Å². The fraction of sp³-hybridized carbons (Fsp3) is 1.00. The van der Waals surface area contributed by atoms with Gasteiger partial charge in [0.1, 0.15) is 0 Å². The maximum absolute atomic E-state index is 6.24. The molecular weight excluding hydrogens is 188 g/mol. The largest absolute Gasteiger partial charge is 0.381 e. The summed E-state index contributed by atoms with van der Waals surface area (Å²) in [6.45, 7) is 4.12. The molecule has 1 unspecified atom stereocenters. The maximum Gasteiger partial charge on any atom is 0.0506 e. The molecule has 0 radical (unpaired) electrons. The van der Waals surface area contributed by atoms with Crippen molar-refractivity contribution in [3.8, 4) is 0 Å². The minimum absolute atomic E-state index is 0.129. The molecule has 2 fully saturated rings. The molecule has 1 heterocycles. The van der Waals surface area contributed by atoms with Crippen molar-refractivity contribution in [2.75, 3.05) is 33.4 Å². The number of rotatable bonds is 4. The van der Waals surface area contributed by atoms with E-state index in [9.17, 15) is 0 Å². The first-order chi connectivity index (χ1) is 7.18. The predicted molar refractivity (Wildman–Crippen MR) is 61.8 cm³/mol. The zero-order valence-corrected chi connectivity index (χ0v) is 9.87. The van der Waals surface area contributed by atoms with E-state index in [1.165, 1.54) is 32.1 Å². The van der Waals surface area contributed by atoms with Crippen LogP contribution in [0.4, 0.5) is 0 Å². The van der Waals surface area contributed by atoms with Crippen LogP contribution in [0.25, 0.3) is 0 Å². The summed E-state index contributed by atoms with van der Waals surface area (Å²) in [5.41, 5.74) is 6.37. The predicted octanol–water partition coefficient (Wildman–Crippen LogP) is 1.23. The Labute approximate surface area is 93.0 Å². The van der Waals surface area contributed by atoms with Gasteiger partial charge in [-0.1, -0.05) is 0 Å². The molecule has 1 aliphatic carbocycles. The molecule has 2 rings (SSSR count). The monoisotopic (exact) mass is 212 g/mol. The highest BCUT2D eigenvalue weighted by atomic mass is 16.5. The minimum atomic E-state index is 0.129. The third kappa shape index (κ3) is 3.16. The average molecular weight is 212 g/mol. The normalized spacial score (nSPS) is 30.2. The molecule has 0 aromatic carbocycles. The minimum Gasteiger partial charge on any atom is -0.381 e. The number of nitrogens with zero attached hydrogens (tertiary/aromatic N) is 1.